The largest absolute Gasteiger partial charge is 0.497 e. The second-order valence-corrected chi connectivity index (χ2v) is 9.74. The molecule has 1 aliphatic carbocycles. The third-order valence-electron chi connectivity index (χ3n) is 6.34. The third-order valence-corrected chi connectivity index (χ3v) is 7.52. The molecule has 0 bridgehead atoms. The van der Waals surface area contributed by atoms with Gasteiger partial charge >= 0.3 is 5.97 Å². The van der Waals surface area contributed by atoms with Crippen LogP contribution in [0, 0.1) is 5.92 Å². The Morgan fingerprint density at radius 1 is 1.03 bits per heavy atom. The lowest BCUT2D eigenvalue weighted by atomic mass is 9.88. The Morgan fingerprint density at radius 3 is 2.56 bits per heavy atom. The zero-order valence-corrected chi connectivity index (χ0v) is 20.1. The first-order valence-electron chi connectivity index (χ1n) is 11.2. The molecule has 1 amide bonds. The quantitative estimate of drug-likeness (QED) is 0.398. The molecular formula is C26H26N2O5S. The van der Waals surface area contributed by atoms with Crippen molar-refractivity contribution in [2.45, 2.75) is 32.4 Å². The summed E-state index contributed by atoms with van der Waals surface area (Å²) in [6.07, 6.45) is 2.68. The van der Waals surface area contributed by atoms with E-state index in [-0.39, 0.29) is 5.91 Å². The van der Waals surface area contributed by atoms with Gasteiger partial charge in [0.25, 0.3) is 5.91 Å². The molecule has 2 heterocycles. The molecule has 2 aliphatic rings. The Balaban J connectivity index is 1.36. The Labute approximate surface area is 202 Å². The third kappa shape index (κ3) is 4.09. The summed E-state index contributed by atoms with van der Waals surface area (Å²) >= 11 is 1.68. The first kappa shape index (κ1) is 22.3. The van der Waals surface area contributed by atoms with Crippen molar-refractivity contribution >= 4 is 28.2 Å². The molecule has 7 nitrogen and oxygen atoms in total. The van der Waals surface area contributed by atoms with Crippen LogP contribution in [-0.2, 0) is 12.8 Å². The Bertz CT molecular complexity index is 1250. The van der Waals surface area contributed by atoms with Crippen molar-refractivity contribution < 1.29 is 23.8 Å². The molecule has 0 radical (unpaired) electrons. The zero-order valence-electron chi connectivity index (χ0n) is 19.3. The van der Waals surface area contributed by atoms with Gasteiger partial charge in [0.05, 0.1) is 25.3 Å². The molecule has 1 aliphatic heterocycles. The van der Waals surface area contributed by atoms with Crippen LogP contribution >= 0.6 is 11.3 Å². The van der Waals surface area contributed by atoms with Gasteiger partial charge in [-0.1, -0.05) is 13.0 Å². The molecule has 2 N–H and O–H groups in total. The number of hydrogen-bond acceptors (Lipinski definition) is 7. The van der Waals surface area contributed by atoms with Crippen molar-refractivity contribution in [2.24, 2.45) is 5.92 Å². The van der Waals surface area contributed by atoms with Gasteiger partial charge in [0, 0.05) is 4.88 Å². The van der Waals surface area contributed by atoms with Gasteiger partial charge in [0.15, 0.2) is 11.5 Å². The van der Waals surface area contributed by atoms with E-state index in [2.05, 4.69) is 17.6 Å². The Hall–Kier alpha value is -3.52. The molecule has 176 valence electrons. The van der Waals surface area contributed by atoms with Crippen molar-refractivity contribution in [3.8, 4) is 17.2 Å². The molecule has 2 aromatic carbocycles. The van der Waals surface area contributed by atoms with Gasteiger partial charge in [-0.3, -0.25) is 4.79 Å². The van der Waals surface area contributed by atoms with E-state index in [1.54, 1.807) is 54.8 Å². The molecule has 5 rings (SSSR count). The molecule has 8 heteroatoms. The summed E-state index contributed by atoms with van der Waals surface area (Å²) in [7, 11) is 3.08. The minimum absolute atomic E-state index is 0.0558. The van der Waals surface area contributed by atoms with Crippen LogP contribution in [0.2, 0.25) is 0 Å². The van der Waals surface area contributed by atoms with Crippen molar-refractivity contribution in [2.75, 3.05) is 19.5 Å². The van der Waals surface area contributed by atoms with Crippen LogP contribution in [0.4, 0.5) is 5.00 Å². The predicted molar refractivity (Wildman–Crippen MR) is 130 cm³/mol. The van der Waals surface area contributed by atoms with Gasteiger partial charge < -0.3 is 24.8 Å². The molecule has 34 heavy (non-hydrogen) atoms. The van der Waals surface area contributed by atoms with E-state index in [0.717, 1.165) is 35.4 Å². The van der Waals surface area contributed by atoms with Crippen LogP contribution in [0.5, 0.6) is 17.2 Å². The molecule has 0 unspecified atom stereocenters. The maximum atomic E-state index is 13.0. The first-order valence-corrected chi connectivity index (χ1v) is 12.0. The minimum atomic E-state index is -0.499. The van der Waals surface area contributed by atoms with Gasteiger partial charge in [-0.15, -0.1) is 11.3 Å². The van der Waals surface area contributed by atoms with Crippen molar-refractivity contribution in [1.82, 2.24) is 5.32 Å². The van der Waals surface area contributed by atoms with Gasteiger partial charge in [-0.2, -0.15) is 0 Å². The number of rotatable bonds is 5. The summed E-state index contributed by atoms with van der Waals surface area (Å²) < 4.78 is 16.2. The Kier molecular flexibility index (Phi) is 5.91. The first-order chi connectivity index (χ1) is 16.5. The fourth-order valence-electron chi connectivity index (χ4n) is 4.46. The van der Waals surface area contributed by atoms with E-state index < -0.39 is 12.1 Å². The molecule has 0 saturated carbocycles. The second-order valence-electron chi connectivity index (χ2n) is 8.64. The molecule has 0 spiro atoms. The predicted octanol–water partition coefficient (Wildman–Crippen LogP) is 4.96. The van der Waals surface area contributed by atoms with E-state index in [4.69, 9.17) is 14.2 Å². The number of esters is 1. The molecule has 0 fully saturated rings. The van der Waals surface area contributed by atoms with Gasteiger partial charge in [-0.25, -0.2) is 4.79 Å². The highest BCUT2D eigenvalue weighted by Crippen LogP contribution is 2.43. The van der Waals surface area contributed by atoms with Crippen molar-refractivity contribution in [1.29, 1.82) is 0 Å². The average Bonchev–Trinajstić information content (AvgIpc) is 3.22. The van der Waals surface area contributed by atoms with E-state index in [0.29, 0.717) is 28.7 Å². The number of carbonyl (C=O) groups excluding carboxylic acids is 2. The Morgan fingerprint density at radius 2 is 1.82 bits per heavy atom. The number of amides is 1. The fourth-order valence-corrected chi connectivity index (χ4v) is 5.90. The lowest BCUT2D eigenvalue weighted by Gasteiger charge is -2.27. The number of hydrogen-bond donors (Lipinski definition) is 2. The number of fused-ring (bicyclic) bond motifs is 3. The smallest absolute Gasteiger partial charge is 0.343 e. The SMILES string of the molecule is COc1ccc(C(=O)Oc2ccc([C@H]3NC(=O)c4c(sc5c4CC[C@H](C)C5)N3)cc2OC)cc1. The van der Waals surface area contributed by atoms with Crippen LogP contribution in [0.3, 0.4) is 0 Å². The summed E-state index contributed by atoms with van der Waals surface area (Å²) in [6.45, 7) is 2.26. The van der Waals surface area contributed by atoms with Crippen LogP contribution in [0.1, 0.15) is 56.2 Å². The number of carbonyl (C=O) groups is 2. The second kappa shape index (κ2) is 9.02. The van der Waals surface area contributed by atoms with Gasteiger partial charge in [-0.05, 0) is 72.7 Å². The van der Waals surface area contributed by atoms with Crippen LogP contribution in [0.25, 0.3) is 0 Å². The molecule has 0 saturated heterocycles. The summed E-state index contributed by atoms with van der Waals surface area (Å²) in [4.78, 5) is 26.9. The standard InChI is InChI=1S/C26H26N2O5S/c1-14-4-10-18-21(12-14)34-25-22(18)24(29)27-23(28-25)16-7-11-19(20(13-16)32-3)33-26(30)15-5-8-17(31-2)9-6-15/h5-9,11,13-14,23,28H,4,10,12H2,1-3H3,(H,27,29)/t14-,23-/m0/s1. The topological polar surface area (TPSA) is 85.9 Å². The number of nitrogens with one attached hydrogen (secondary N) is 2. The highest BCUT2D eigenvalue weighted by molar-refractivity contribution is 7.16. The molecule has 2 atom stereocenters. The lowest BCUT2D eigenvalue weighted by Crippen LogP contribution is -2.38. The van der Waals surface area contributed by atoms with Crippen LogP contribution in [-0.4, -0.2) is 26.1 Å². The monoisotopic (exact) mass is 478 g/mol. The molecule has 3 aromatic rings. The maximum Gasteiger partial charge on any atom is 0.343 e. The number of ether oxygens (including phenoxy) is 3. The number of benzene rings is 2. The number of methoxy groups -OCH3 is 2. The van der Waals surface area contributed by atoms with Gasteiger partial charge in [0.2, 0.25) is 0 Å². The molecule has 1 aromatic heterocycles. The highest BCUT2D eigenvalue weighted by atomic mass is 32.1. The van der Waals surface area contributed by atoms with Crippen LogP contribution in [0.15, 0.2) is 42.5 Å². The van der Waals surface area contributed by atoms with E-state index in [9.17, 15) is 9.59 Å². The summed E-state index contributed by atoms with van der Waals surface area (Å²) in [5.41, 5.74) is 3.19. The summed E-state index contributed by atoms with van der Waals surface area (Å²) in [6, 6.07) is 12.0. The van der Waals surface area contributed by atoms with Crippen molar-refractivity contribution in [3.05, 3.63) is 69.6 Å². The van der Waals surface area contributed by atoms with E-state index >= 15 is 0 Å². The lowest BCUT2D eigenvalue weighted by molar-refractivity contribution is 0.0729. The average molecular weight is 479 g/mol. The van der Waals surface area contributed by atoms with E-state index in [1.807, 2.05) is 6.07 Å². The highest BCUT2D eigenvalue weighted by Gasteiger charge is 2.33. The zero-order chi connectivity index (χ0) is 23.8. The summed E-state index contributed by atoms with van der Waals surface area (Å²) in [5, 5.41) is 7.46. The normalized spacial score (nSPS) is 18.7. The minimum Gasteiger partial charge on any atom is -0.497 e. The number of anilines is 1. The number of thiophene rings is 1. The maximum absolute atomic E-state index is 13.0. The molecular weight excluding hydrogens is 452 g/mol. The van der Waals surface area contributed by atoms with Gasteiger partial charge in [0.1, 0.15) is 16.9 Å². The summed E-state index contributed by atoms with van der Waals surface area (Å²) in [5.74, 6) is 1.45. The van der Waals surface area contributed by atoms with E-state index in [1.165, 1.54) is 17.6 Å². The van der Waals surface area contributed by atoms with Crippen LogP contribution < -0.4 is 24.8 Å². The fraction of sp³-hybridized carbons (Fsp3) is 0.308. The van der Waals surface area contributed by atoms with Crippen molar-refractivity contribution in [3.63, 3.8) is 0 Å².